The van der Waals surface area contributed by atoms with E-state index in [1.807, 2.05) is 6.92 Å². The van der Waals surface area contributed by atoms with Crippen molar-refractivity contribution in [2.45, 2.75) is 44.2 Å². The Hall–Kier alpha value is -0.610. The highest BCUT2D eigenvalue weighted by Gasteiger charge is 2.35. The summed E-state index contributed by atoms with van der Waals surface area (Å²) in [6.07, 6.45) is 3.43. The predicted molar refractivity (Wildman–Crippen MR) is 54.7 cm³/mol. The molecule has 82 valence electrons. The number of amides is 1. The molecule has 0 saturated heterocycles. The first-order valence-corrected chi connectivity index (χ1v) is 5.14. The molecular weight excluding hydrogens is 180 g/mol. The summed E-state index contributed by atoms with van der Waals surface area (Å²) < 4.78 is 0. The van der Waals surface area contributed by atoms with Crippen LogP contribution in [0.3, 0.4) is 0 Å². The van der Waals surface area contributed by atoms with Gasteiger partial charge in [0.2, 0.25) is 5.91 Å². The predicted octanol–water partition coefficient (Wildman–Crippen LogP) is 0.0971. The minimum Gasteiger partial charge on any atom is -0.394 e. The quantitative estimate of drug-likeness (QED) is 0.676. The maximum absolute atomic E-state index is 11.7. The number of aliphatic hydroxyl groups excluding tert-OH is 1. The van der Waals surface area contributed by atoms with Crippen LogP contribution in [0.5, 0.6) is 0 Å². The van der Waals surface area contributed by atoms with Gasteiger partial charge in [0.05, 0.1) is 12.6 Å². The SMILES string of the molecule is CC(CO)N(C)C(=O)CC1(N)CCC1. The van der Waals surface area contributed by atoms with Gasteiger partial charge in [-0.25, -0.2) is 0 Å². The Morgan fingerprint density at radius 1 is 1.64 bits per heavy atom. The summed E-state index contributed by atoms with van der Waals surface area (Å²) in [5, 5.41) is 8.90. The number of nitrogens with two attached hydrogens (primary N) is 1. The van der Waals surface area contributed by atoms with Gasteiger partial charge in [-0.1, -0.05) is 0 Å². The monoisotopic (exact) mass is 200 g/mol. The van der Waals surface area contributed by atoms with Crippen LogP contribution < -0.4 is 5.73 Å². The van der Waals surface area contributed by atoms with Crippen LogP contribution in [0.15, 0.2) is 0 Å². The van der Waals surface area contributed by atoms with Gasteiger partial charge in [-0.2, -0.15) is 0 Å². The van der Waals surface area contributed by atoms with E-state index in [-0.39, 0.29) is 24.1 Å². The highest BCUT2D eigenvalue weighted by Crippen LogP contribution is 2.32. The summed E-state index contributed by atoms with van der Waals surface area (Å²) in [6, 6.07) is -0.119. The molecule has 1 amide bonds. The summed E-state index contributed by atoms with van der Waals surface area (Å²) in [4.78, 5) is 13.3. The summed E-state index contributed by atoms with van der Waals surface area (Å²) >= 11 is 0. The lowest BCUT2D eigenvalue weighted by atomic mass is 9.75. The molecule has 0 aromatic heterocycles. The average molecular weight is 200 g/mol. The van der Waals surface area contributed by atoms with Gasteiger partial charge in [0.15, 0.2) is 0 Å². The third-order valence-corrected chi connectivity index (χ3v) is 3.17. The second-order valence-corrected chi connectivity index (χ2v) is 4.43. The lowest BCUT2D eigenvalue weighted by Crippen LogP contribution is -2.51. The Balaban J connectivity index is 2.41. The van der Waals surface area contributed by atoms with E-state index >= 15 is 0 Å². The molecule has 4 nitrogen and oxygen atoms in total. The lowest BCUT2D eigenvalue weighted by Gasteiger charge is -2.39. The minimum atomic E-state index is -0.263. The van der Waals surface area contributed by atoms with Crippen molar-refractivity contribution in [3.63, 3.8) is 0 Å². The third kappa shape index (κ3) is 2.45. The number of carbonyl (C=O) groups excluding carboxylic acids is 1. The van der Waals surface area contributed by atoms with Gasteiger partial charge in [0.25, 0.3) is 0 Å². The number of nitrogens with zero attached hydrogens (tertiary/aromatic N) is 1. The standard InChI is InChI=1S/C10H20N2O2/c1-8(7-13)12(2)9(14)6-10(11)4-3-5-10/h8,13H,3-7,11H2,1-2H3. The first-order valence-electron chi connectivity index (χ1n) is 5.14. The maximum atomic E-state index is 11.7. The van der Waals surface area contributed by atoms with Gasteiger partial charge in [0, 0.05) is 19.0 Å². The largest absolute Gasteiger partial charge is 0.394 e. The Labute approximate surface area is 85.1 Å². The molecule has 4 heteroatoms. The molecule has 0 heterocycles. The van der Waals surface area contributed by atoms with Crippen molar-refractivity contribution in [2.24, 2.45) is 5.73 Å². The zero-order chi connectivity index (χ0) is 10.8. The molecule has 0 radical (unpaired) electrons. The van der Waals surface area contributed by atoms with Gasteiger partial charge in [-0.15, -0.1) is 0 Å². The molecule has 3 N–H and O–H groups in total. The summed E-state index contributed by atoms with van der Waals surface area (Å²) in [7, 11) is 1.71. The van der Waals surface area contributed by atoms with Gasteiger partial charge in [0.1, 0.15) is 0 Å². The Morgan fingerprint density at radius 3 is 2.57 bits per heavy atom. The summed E-state index contributed by atoms with van der Waals surface area (Å²) in [5.41, 5.74) is 5.71. The fourth-order valence-electron chi connectivity index (χ4n) is 1.60. The van der Waals surface area contributed by atoms with E-state index in [1.165, 1.54) is 0 Å². The molecule has 0 aliphatic heterocycles. The number of aliphatic hydroxyl groups is 1. The van der Waals surface area contributed by atoms with Gasteiger partial charge >= 0.3 is 0 Å². The van der Waals surface area contributed by atoms with Crippen LogP contribution in [0.1, 0.15) is 32.6 Å². The topological polar surface area (TPSA) is 66.6 Å². The van der Waals surface area contributed by atoms with E-state index in [9.17, 15) is 4.79 Å². The smallest absolute Gasteiger partial charge is 0.224 e. The Bertz CT molecular complexity index is 214. The minimum absolute atomic E-state index is 0.000187. The molecule has 1 aliphatic carbocycles. The molecule has 0 spiro atoms. The number of carbonyl (C=O) groups is 1. The van der Waals surface area contributed by atoms with Crippen molar-refractivity contribution in [1.29, 1.82) is 0 Å². The number of likely N-dealkylation sites (N-methyl/N-ethyl adjacent to an activating group) is 1. The molecule has 1 rings (SSSR count). The van der Waals surface area contributed by atoms with Gasteiger partial charge in [-0.3, -0.25) is 4.79 Å². The van der Waals surface area contributed by atoms with Crippen LogP contribution >= 0.6 is 0 Å². The molecule has 1 unspecified atom stereocenters. The highest BCUT2D eigenvalue weighted by molar-refractivity contribution is 5.77. The van der Waals surface area contributed by atoms with E-state index in [0.29, 0.717) is 6.42 Å². The first-order chi connectivity index (χ1) is 6.48. The van der Waals surface area contributed by atoms with E-state index in [4.69, 9.17) is 10.8 Å². The average Bonchev–Trinajstić information content (AvgIpc) is 2.12. The molecule has 1 saturated carbocycles. The molecule has 14 heavy (non-hydrogen) atoms. The van der Waals surface area contributed by atoms with E-state index in [2.05, 4.69) is 0 Å². The van der Waals surface area contributed by atoms with Crippen LogP contribution in [0.25, 0.3) is 0 Å². The second-order valence-electron chi connectivity index (χ2n) is 4.43. The van der Waals surface area contributed by atoms with Crippen molar-refractivity contribution in [3.8, 4) is 0 Å². The zero-order valence-corrected chi connectivity index (χ0v) is 8.99. The maximum Gasteiger partial charge on any atom is 0.224 e. The Kier molecular flexibility index (Phi) is 3.50. The van der Waals surface area contributed by atoms with Crippen LogP contribution in [0.2, 0.25) is 0 Å². The van der Waals surface area contributed by atoms with Crippen molar-refractivity contribution >= 4 is 5.91 Å². The van der Waals surface area contributed by atoms with Crippen LogP contribution in [-0.4, -0.2) is 41.1 Å². The number of hydrogen-bond acceptors (Lipinski definition) is 3. The van der Waals surface area contributed by atoms with Gasteiger partial charge in [-0.05, 0) is 26.2 Å². The van der Waals surface area contributed by atoms with Crippen LogP contribution in [0, 0.1) is 0 Å². The Morgan fingerprint density at radius 2 is 2.21 bits per heavy atom. The highest BCUT2D eigenvalue weighted by atomic mass is 16.3. The van der Waals surface area contributed by atoms with E-state index < -0.39 is 0 Å². The molecular formula is C10H20N2O2. The zero-order valence-electron chi connectivity index (χ0n) is 8.99. The molecule has 1 atom stereocenters. The van der Waals surface area contributed by atoms with Crippen LogP contribution in [-0.2, 0) is 4.79 Å². The van der Waals surface area contributed by atoms with Crippen molar-refractivity contribution in [1.82, 2.24) is 4.90 Å². The molecule has 0 aromatic carbocycles. The lowest BCUT2D eigenvalue weighted by molar-refractivity contribution is -0.134. The second kappa shape index (κ2) is 4.28. The third-order valence-electron chi connectivity index (χ3n) is 3.17. The van der Waals surface area contributed by atoms with E-state index in [1.54, 1.807) is 11.9 Å². The van der Waals surface area contributed by atoms with E-state index in [0.717, 1.165) is 19.3 Å². The van der Waals surface area contributed by atoms with Gasteiger partial charge < -0.3 is 15.7 Å². The molecule has 1 aliphatic rings. The fourth-order valence-corrected chi connectivity index (χ4v) is 1.60. The fraction of sp³-hybridized carbons (Fsp3) is 0.900. The molecule has 1 fully saturated rings. The number of rotatable bonds is 4. The summed E-state index contributed by atoms with van der Waals surface area (Å²) in [5.74, 6) is 0.0359. The first kappa shape index (κ1) is 11.5. The van der Waals surface area contributed by atoms with Crippen LogP contribution in [0.4, 0.5) is 0 Å². The van der Waals surface area contributed by atoms with Crippen molar-refractivity contribution < 1.29 is 9.90 Å². The van der Waals surface area contributed by atoms with Crippen molar-refractivity contribution in [3.05, 3.63) is 0 Å². The van der Waals surface area contributed by atoms with Crippen molar-refractivity contribution in [2.75, 3.05) is 13.7 Å². The normalized spacial score (nSPS) is 21.1. The molecule has 0 bridgehead atoms. The molecule has 0 aromatic rings. The number of hydrogen-bond donors (Lipinski definition) is 2. The summed E-state index contributed by atoms with van der Waals surface area (Å²) in [6.45, 7) is 1.82.